The van der Waals surface area contributed by atoms with Crippen LogP contribution in [0.5, 0.6) is 0 Å². The standard InChI is InChI=1S/C13H19N3O/c1-16-7-6-11(9-16)13(17)15-8-10-2-4-12(14)5-3-10/h2-5,11H,6-9,14H2,1H3,(H,15,17). The molecule has 4 heteroatoms. The van der Waals surface area contributed by atoms with Crippen molar-refractivity contribution in [3.63, 3.8) is 0 Å². The molecule has 1 fully saturated rings. The molecule has 0 saturated carbocycles. The highest BCUT2D eigenvalue weighted by Crippen LogP contribution is 2.14. The van der Waals surface area contributed by atoms with Gasteiger partial charge in [-0.3, -0.25) is 4.79 Å². The Balaban J connectivity index is 1.82. The lowest BCUT2D eigenvalue weighted by atomic mass is 10.1. The Labute approximate surface area is 102 Å². The number of carbonyl (C=O) groups is 1. The van der Waals surface area contributed by atoms with Gasteiger partial charge in [-0.05, 0) is 37.7 Å². The van der Waals surface area contributed by atoms with E-state index in [0.29, 0.717) is 6.54 Å². The van der Waals surface area contributed by atoms with E-state index in [9.17, 15) is 4.79 Å². The van der Waals surface area contributed by atoms with Crippen LogP contribution in [0.25, 0.3) is 0 Å². The average molecular weight is 233 g/mol. The molecule has 2 rings (SSSR count). The zero-order valence-corrected chi connectivity index (χ0v) is 10.1. The summed E-state index contributed by atoms with van der Waals surface area (Å²) in [5.74, 6) is 0.306. The van der Waals surface area contributed by atoms with Gasteiger partial charge in [0, 0.05) is 18.8 Å². The van der Waals surface area contributed by atoms with E-state index in [2.05, 4.69) is 10.2 Å². The third-order valence-corrected chi connectivity index (χ3v) is 3.21. The average Bonchev–Trinajstić information content (AvgIpc) is 2.75. The van der Waals surface area contributed by atoms with E-state index in [-0.39, 0.29) is 11.8 Å². The van der Waals surface area contributed by atoms with Gasteiger partial charge in [-0.15, -0.1) is 0 Å². The Morgan fingerprint density at radius 3 is 2.76 bits per heavy atom. The van der Waals surface area contributed by atoms with E-state index in [1.165, 1.54) is 0 Å². The van der Waals surface area contributed by atoms with Crippen LogP contribution < -0.4 is 11.1 Å². The van der Waals surface area contributed by atoms with Gasteiger partial charge in [0.15, 0.2) is 0 Å². The lowest BCUT2D eigenvalue weighted by Gasteiger charge is -2.11. The third kappa shape index (κ3) is 3.20. The highest BCUT2D eigenvalue weighted by molar-refractivity contribution is 5.79. The number of amides is 1. The first-order valence-electron chi connectivity index (χ1n) is 5.96. The molecule has 0 bridgehead atoms. The van der Waals surface area contributed by atoms with Gasteiger partial charge in [0.2, 0.25) is 5.91 Å². The second kappa shape index (κ2) is 5.19. The van der Waals surface area contributed by atoms with Gasteiger partial charge in [0.05, 0.1) is 5.92 Å². The maximum atomic E-state index is 11.9. The van der Waals surface area contributed by atoms with Crippen molar-refractivity contribution >= 4 is 11.6 Å². The number of nitrogens with one attached hydrogen (secondary N) is 1. The maximum Gasteiger partial charge on any atom is 0.224 e. The van der Waals surface area contributed by atoms with Crippen LogP contribution in [-0.2, 0) is 11.3 Å². The Hall–Kier alpha value is -1.55. The Bertz CT molecular complexity index is 388. The van der Waals surface area contributed by atoms with Crippen molar-refractivity contribution in [2.75, 3.05) is 25.9 Å². The molecule has 0 spiro atoms. The van der Waals surface area contributed by atoms with Crippen LogP contribution >= 0.6 is 0 Å². The molecule has 1 atom stereocenters. The number of likely N-dealkylation sites (tertiary alicyclic amines) is 1. The summed E-state index contributed by atoms with van der Waals surface area (Å²) in [7, 11) is 2.05. The number of anilines is 1. The minimum Gasteiger partial charge on any atom is -0.399 e. The predicted octanol–water partition coefficient (Wildman–Crippen LogP) is 0.837. The number of hydrogen-bond acceptors (Lipinski definition) is 3. The van der Waals surface area contributed by atoms with Crippen molar-refractivity contribution in [2.45, 2.75) is 13.0 Å². The first-order chi connectivity index (χ1) is 8.15. The fourth-order valence-electron chi connectivity index (χ4n) is 2.12. The molecule has 92 valence electrons. The van der Waals surface area contributed by atoms with Crippen LogP contribution in [0, 0.1) is 5.92 Å². The van der Waals surface area contributed by atoms with Crippen molar-refractivity contribution in [2.24, 2.45) is 5.92 Å². The number of nitrogen functional groups attached to an aromatic ring is 1. The van der Waals surface area contributed by atoms with Crippen molar-refractivity contribution in [3.8, 4) is 0 Å². The van der Waals surface area contributed by atoms with E-state index in [1.807, 2.05) is 31.3 Å². The summed E-state index contributed by atoms with van der Waals surface area (Å²) in [4.78, 5) is 14.1. The summed E-state index contributed by atoms with van der Waals surface area (Å²) in [6.07, 6.45) is 0.962. The fraction of sp³-hybridized carbons (Fsp3) is 0.462. The Morgan fingerprint density at radius 1 is 1.47 bits per heavy atom. The number of rotatable bonds is 3. The largest absolute Gasteiger partial charge is 0.399 e. The van der Waals surface area contributed by atoms with Gasteiger partial charge in [0.25, 0.3) is 0 Å². The van der Waals surface area contributed by atoms with E-state index >= 15 is 0 Å². The zero-order valence-electron chi connectivity index (χ0n) is 10.1. The van der Waals surface area contributed by atoms with Crippen LogP contribution in [0.15, 0.2) is 24.3 Å². The first kappa shape index (κ1) is 11.9. The molecule has 1 heterocycles. The lowest BCUT2D eigenvalue weighted by molar-refractivity contribution is -0.124. The van der Waals surface area contributed by atoms with Gasteiger partial charge in [-0.25, -0.2) is 0 Å². The normalized spacial score (nSPS) is 20.4. The molecular weight excluding hydrogens is 214 g/mol. The summed E-state index contributed by atoms with van der Waals surface area (Å²) < 4.78 is 0. The minimum absolute atomic E-state index is 0.147. The number of hydrogen-bond donors (Lipinski definition) is 2. The topological polar surface area (TPSA) is 58.4 Å². The molecule has 17 heavy (non-hydrogen) atoms. The van der Waals surface area contributed by atoms with Crippen molar-refractivity contribution in [1.29, 1.82) is 0 Å². The molecule has 1 amide bonds. The number of nitrogens with two attached hydrogens (primary N) is 1. The van der Waals surface area contributed by atoms with E-state index < -0.39 is 0 Å². The third-order valence-electron chi connectivity index (χ3n) is 3.21. The van der Waals surface area contributed by atoms with Crippen molar-refractivity contribution in [1.82, 2.24) is 10.2 Å². The summed E-state index contributed by atoms with van der Waals surface area (Å²) in [5, 5.41) is 2.97. The Morgan fingerprint density at radius 2 is 2.18 bits per heavy atom. The second-order valence-corrected chi connectivity index (χ2v) is 4.71. The van der Waals surface area contributed by atoms with E-state index in [0.717, 1.165) is 30.8 Å². The SMILES string of the molecule is CN1CCC(C(=O)NCc2ccc(N)cc2)C1. The molecule has 1 aromatic carbocycles. The molecule has 0 radical (unpaired) electrons. The summed E-state index contributed by atoms with van der Waals surface area (Å²) in [6, 6.07) is 7.59. The van der Waals surface area contributed by atoms with Crippen LogP contribution in [0.3, 0.4) is 0 Å². The number of benzene rings is 1. The molecule has 0 aliphatic carbocycles. The van der Waals surface area contributed by atoms with Gasteiger partial charge in [-0.2, -0.15) is 0 Å². The molecular formula is C13H19N3O. The smallest absolute Gasteiger partial charge is 0.224 e. The molecule has 3 N–H and O–H groups in total. The molecule has 1 aliphatic heterocycles. The van der Waals surface area contributed by atoms with Crippen LogP contribution in [0.4, 0.5) is 5.69 Å². The molecule has 1 aliphatic rings. The quantitative estimate of drug-likeness (QED) is 0.760. The summed E-state index contributed by atoms with van der Waals surface area (Å²) >= 11 is 0. The van der Waals surface area contributed by atoms with Gasteiger partial charge in [-0.1, -0.05) is 12.1 Å². The molecule has 0 aromatic heterocycles. The molecule has 4 nitrogen and oxygen atoms in total. The number of nitrogens with zero attached hydrogens (tertiary/aromatic N) is 1. The lowest BCUT2D eigenvalue weighted by Crippen LogP contribution is -2.31. The van der Waals surface area contributed by atoms with E-state index in [4.69, 9.17) is 5.73 Å². The fourth-order valence-corrected chi connectivity index (χ4v) is 2.12. The second-order valence-electron chi connectivity index (χ2n) is 4.71. The van der Waals surface area contributed by atoms with Crippen LogP contribution in [0.2, 0.25) is 0 Å². The first-order valence-corrected chi connectivity index (χ1v) is 5.96. The highest BCUT2D eigenvalue weighted by atomic mass is 16.1. The Kier molecular flexibility index (Phi) is 3.64. The molecule has 1 aromatic rings. The van der Waals surface area contributed by atoms with Crippen LogP contribution in [-0.4, -0.2) is 30.9 Å². The van der Waals surface area contributed by atoms with Gasteiger partial charge in [0.1, 0.15) is 0 Å². The maximum absolute atomic E-state index is 11.9. The van der Waals surface area contributed by atoms with Gasteiger partial charge < -0.3 is 16.0 Å². The molecule has 1 unspecified atom stereocenters. The van der Waals surface area contributed by atoms with Gasteiger partial charge >= 0.3 is 0 Å². The molecule has 1 saturated heterocycles. The van der Waals surface area contributed by atoms with E-state index in [1.54, 1.807) is 0 Å². The minimum atomic E-state index is 0.147. The summed E-state index contributed by atoms with van der Waals surface area (Å²) in [5.41, 5.74) is 7.43. The summed E-state index contributed by atoms with van der Waals surface area (Å²) in [6.45, 7) is 2.47. The monoisotopic (exact) mass is 233 g/mol. The van der Waals surface area contributed by atoms with Crippen molar-refractivity contribution < 1.29 is 4.79 Å². The number of carbonyl (C=O) groups excluding carboxylic acids is 1. The van der Waals surface area contributed by atoms with Crippen molar-refractivity contribution in [3.05, 3.63) is 29.8 Å². The zero-order chi connectivity index (χ0) is 12.3. The van der Waals surface area contributed by atoms with Crippen LogP contribution in [0.1, 0.15) is 12.0 Å². The highest BCUT2D eigenvalue weighted by Gasteiger charge is 2.25. The predicted molar refractivity (Wildman–Crippen MR) is 68.3 cm³/mol.